The zero-order valence-corrected chi connectivity index (χ0v) is 17.3. The molecule has 4 rings (SSSR count). The lowest BCUT2D eigenvalue weighted by molar-refractivity contribution is -0.114. The molecule has 148 valence electrons. The second-order valence-corrected chi connectivity index (χ2v) is 10.6. The predicted octanol–water partition coefficient (Wildman–Crippen LogP) is 2.09. The first-order valence-electron chi connectivity index (χ1n) is 8.59. The number of halogens is 1. The Bertz CT molecular complexity index is 1040. The Morgan fingerprint density at radius 3 is 2.75 bits per heavy atom. The predicted molar refractivity (Wildman–Crippen MR) is 112 cm³/mol. The molecule has 0 spiro atoms. The van der Waals surface area contributed by atoms with Crippen molar-refractivity contribution in [2.45, 2.75) is 18.2 Å². The van der Waals surface area contributed by atoms with Crippen LogP contribution in [0.3, 0.4) is 0 Å². The lowest BCUT2D eigenvalue weighted by Crippen LogP contribution is -2.36. The average molecular weight is 440 g/mol. The van der Waals surface area contributed by atoms with Crippen molar-refractivity contribution in [1.82, 2.24) is 10.2 Å². The normalized spacial score (nSPS) is 22.6. The maximum Gasteiger partial charge on any atom is 0.245 e. The van der Waals surface area contributed by atoms with Crippen LogP contribution in [0.5, 0.6) is 0 Å². The van der Waals surface area contributed by atoms with E-state index in [1.807, 2.05) is 19.1 Å². The third-order valence-corrected chi connectivity index (χ3v) is 7.95. The quantitative estimate of drug-likeness (QED) is 0.755. The van der Waals surface area contributed by atoms with Crippen LogP contribution in [-0.4, -0.2) is 59.0 Å². The lowest BCUT2D eigenvalue weighted by Gasteiger charge is -2.24. The first kappa shape index (κ1) is 19.3. The van der Waals surface area contributed by atoms with E-state index in [2.05, 4.69) is 20.5 Å². The molecule has 2 N–H and O–H groups in total. The Labute approximate surface area is 171 Å². The monoisotopic (exact) mass is 439 g/mol. The highest BCUT2D eigenvalue weighted by molar-refractivity contribution is 8.15. The van der Waals surface area contributed by atoms with Gasteiger partial charge in [-0.3, -0.25) is 14.9 Å². The number of rotatable bonds is 4. The van der Waals surface area contributed by atoms with Gasteiger partial charge in [-0.1, -0.05) is 23.4 Å². The molecular formula is C17H18ClN5O3S2. The number of aromatic amines is 1. The Morgan fingerprint density at radius 2 is 2.11 bits per heavy atom. The first-order valence-corrected chi connectivity index (χ1v) is 11.7. The van der Waals surface area contributed by atoms with Crippen LogP contribution in [0.4, 0.5) is 11.5 Å². The van der Waals surface area contributed by atoms with Crippen molar-refractivity contribution in [3.63, 3.8) is 0 Å². The largest absolute Gasteiger partial charge is 0.312 e. The van der Waals surface area contributed by atoms with Crippen molar-refractivity contribution in [3.8, 4) is 0 Å². The number of anilines is 2. The number of nitrogens with one attached hydrogen (secondary N) is 2. The van der Waals surface area contributed by atoms with Crippen molar-refractivity contribution in [2.75, 3.05) is 28.3 Å². The van der Waals surface area contributed by atoms with E-state index in [4.69, 9.17) is 11.6 Å². The molecular weight excluding hydrogens is 422 g/mol. The Hall–Kier alpha value is -2.04. The fraction of sp³-hybridized carbons (Fsp3) is 0.353. The van der Waals surface area contributed by atoms with Gasteiger partial charge in [0.25, 0.3) is 0 Å². The zero-order valence-electron chi connectivity index (χ0n) is 14.9. The van der Waals surface area contributed by atoms with Gasteiger partial charge in [-0.05, 0) is 31.2 Å². The van der Waals surface area contributed by atoms with E-state index in [9.17, 15) is 13.2 Å². The van der Waals surface area contributed by atoms with Gasteiger partial charge in [0.05, 0.1) is 17.5 Å². The number of fused-ring (bicyclic) bond motifs is 1. The second-order valence-electron chi connectivity index (χ2n) is 6.76. The van der Waals surface area contributed by atoms with Crippen molar-refractivity contribution in [1.29, 1.82) is 0 Å². The number of hydrogen-bond donors (Lipinski definition) is 2. The average Bonchev–Trinajstić information content (AvgIpc) is 3.26. The molecule has 28 heavy (non-hydrogen) atoms. The van der Waals surface area contributed by atoms with Crippen molar-refractivity contribution >= 4 is 55.8 Å². The van der Waals surface area contributed by atoms with Gasteiger partial charge >= 0.3 is 0 Å². The molecule has 1 aromatic heterocycles. The topological polar surface area (TPSA) is 108 Å². The second kappa shape index (κ2) is 7.41. The van der Waals surface area contributed by atoms with Crippen LogP contribution >= 0.6 is 23.4 Å². The van der Waals surface area contributed by atoms with Gasteiger partial charge in [-0.15, -0.1) is 0 Å². The zero-order chi connectivity index (χ0) is 19.9. The van der Waals surface area contributed by atoms with E-state index < -0.39 is 9.84 Å². The molecule has 11 heteroatoms. The molecule has 2 aromatic rings. The Kier molecular flexibility index (Phi) is 5.11. The fourth-order valence-corrected chi connectivity index (χ4v) is 7.08. The molecule has 0 bridgehead atoms. The van der Waals surface area contributed by atoms with E-state index >= 15 is 0 Å². The smallest absolute Gasteiger partial charge is 0.245 e. The summed E-state index contributed by atoms with van der Waals surface area (Å²) in [5.74, 6) is 0.362. The van der Waals surface area contributed by atoms with Crippen molar-refractivity contribution in [2.24, 2.45) is 4.99 Å². The molecule has 1 saturated heterocycles. The molecule has 8 nitrogen and oxygen atoms in total. The number of H-pyrrole nitrogens is 1. The molecule has 1 fully saturated rings. The number of thioether (sulfide) groups is 1. The summed E-state index contributed by atoms with van der Waals surface area (Å²) in [6.45, 7) is 1.87. The summed E-state index contributed by atoms with van der Waals surface area (Å²) >= 11 is 7.39. The van der Waals surface area contributed by atoms with Gasteiger partial charge in [0.2, 0.25) is 5.91 Å². The number of nitrogens with zero attached hydrogens (tertiary/aromatic N) is 3. The molecule has 1 aromatic carbocycles. The summed E-state index contributed by atoms with van der Waals surface area (Å²) in [7, 11) is -3.04. The SMILES string of the molecule is Cc1cc(NC(=O)CN(C2=NC3CS(=O)(=O)CC3S2)c2ccc(Cl)cc2)n[nH]1. The summed E-state index contributed by atoms with van der Waals surface area (Å²) in [4.78, 5) is 19.0. The van der Waals surface area contributed by atoms with Crippen LogP contribution in [0.1, 0.15) is 5.69 Å². The first-order chi connectivity index (χ1) is 13.3. The Balaban J connectivity index is 1.56. The number of sulfone groups is 1. The number of amides is 1. The number of aryl methyl sites for hydroxylation is 1. The highest BCUT2D eigenvalue weighted by Crippen LogP contribution is 2.37. The number of benzene rings is 1. The number of amidine groups is 1. The van der Waals surface area contributed by atoms with E-state index in [1.165, 1.54) is 11.8 Å². The fourth-order valence-electron chi connectivity index (χ4n) is 3.17. The molecule has 0 radical (unpaired) electrons. The molecule has 2 atom stereocenters. The highest BCUT2D eigenvalue weighted by Gasteiger charge is 2.44. The van der Waals surface area contributed by atoms with Crippen LogP contribution in [-0.2, 0) is 14.6 Å². The van der Waals surface area contributed by atoms with Gasteiger partial charge in [0, 0.05) is 27.7 Å². The maximum absolute atomic E-state index is 12.6. The van der Waals surface area contributed by atoms with Crippen molar-refractivity contribution < 1.29 is 13.2 Å². The number of carbonyl (C=O) groups is 1. The number of aliphatic imine (C=N–C) groups is 1. The van der Waals surface area contributed by atoms with E-state index in [-0.39, 0.29) is 35.2 Å². The van der Waals surface area contributed by atoms with Crippen LogP contribution in [0.25, 0.3) is 0 Å². The summed E-state index contributed by atoms with van der Waals surface area (Å²) in [5, 5.41) is 10.7. The molecule has 3 heterocycles. The molecule has 2 aliphatic rings. The minimum atomic E-state index is -3.04. The highest BCUT2D eigenvalue weighted by atomic mass is 35.5. The Morgan fingerprint density at radius 1 is 1.36 bits per heavy atom. The van der Waals surface area contributed by atoms with Gasteiger partial charge in [-0.25, -0.2) is 8.42 Å². The molecule has 1 amide bonds. The molecule has 2 unspecified atom stereocenters. The molecule has 2 aliphatic heterocycles. The summed E-state index contributed by atoms with van der Waals surface area (Å²) in [6.07, 6.45) is 0. The van der Waals surface area contributed by atoms with Crippen LogP contribution in [0.15, 0.2) is 35.3 Å². The van der Waals surface area contributed by atoms with E-state index in [0.717, 1.165) is 11.4 Å². The van der Waals surface area contributed by atoms with Gasteiger partial charge in [0.1, 0.15) is 6.54 Å². The minimum Gasteiger partial charge on any atom is -0.312 e. The van der Waals surface area contributed by atoms with Crippen LogP contribution in [0, 0.1) is 6.92 Å². The maximum atomic E-state index is 12.6. The number of hydrogen-bond acceptors (Lipinski definition) is 7. The molecule has 0 saturated carbocycles. The van der Waals surface area contributed by atoms with Crippen molar-refractivity contribution in [3.05, 3.63) is 41.0 Å². The van der Waals surface area contributed by atoms with E-state index in [1.54, 1.807) is 23.1 Å². The van der Waals surface area contributed by atoms with Crippen LogP contribution < -0.4 is 10.2 Å². The van der Waals surface area contributed by atoms with Gasteiger partial charge < -0.3 is 10.2 Å². The summed E-state index contributed by atoms with van der Waals surface area (Å²) < 4.78 is 23.7. The number of carbonyl (C=O) groups excluding carboxylic acids is 1. The third kappa shape index (κ3) is 4.18. The number of aromatic nitrogens is 2. The van der Waals surface area contributed by atoms with Crippen LogP contribution in [0.2, 0.25) is 5.02 Å². The standard InChI is InChI=1S/C17H18ClN5O3S2/c1-10-6-15(22-21-10)20-16(24)7-23(12-4-2-11(18)3-5-12)17-19-13-8-28(25,26)9-14(13)27-17/h2-6,13-14H,7-9H2,1H3,(H2,20,21,22,24). The molecule has 0 aliphatic carbocycles. The minimum absolute atomic E-state index is 0.0194. The summed E-state index contributed by atoms with van der Waals surface area (Å²) in [6, 6.07) is 8.57. The van der Waals surface area contributed by atoms with Gasteiger partial charge in [-0.2, -0.15) is 5.10 Å². The third-order valence-electron chi connectivity index (χ3n) is 4.45. The lowest BCUT2D eigenvalue weighted by atomic mass is 10.3. The van der Waals surface area contributed by atoms with Gasteiger partial charge in [0.15, 0.2) is 20.8 Å². The van der Waals surface area contributed by atoms with E-state index in [0.29, 0.717) is 16.0 Å². The summed E-state index contributed by atoms with van der Waals surface area (Å²) in [5.41, 5.74) is 1.60.